The third-order valence-corrected chi connectivity index (χ3v) is 9.02. The highest BCUT2D eigenvalue weighted by molar-refractivity contribution is 6.12. The molecule has 1 heterocycles. The Morgan fingerprint density at radius 1 is 0.826 bits per heavy atom. The maximum Gasteiger partial charge on any atom is 0.261 e. The minimum atomic E-state index is -0.962. The summed E-state index contributed by atoms with van der Waals surface area (Å²) in [4.78, 5) is 54.7. The molecule has 1 unspecified atom stereocenters. The molecule has 10 nitrogen and oxygen atoms in total. The van der Waals surface area contributed by atoms with Crippen LogP contribution in [0.5, 0.6) is 0 Å². The molecule has 2 aliphatic carbocycles. The monoisotopic (exact) mass is 625 g/mol. The lowest BCUT2D eigenvalue weighted by molar-refractivity contribution is -0.126. The number of fused-ring (bicyclic) bond motifs is 1. The van der Waals surface area contributed by atoms with Crippen LogP contribution in [0.3, 0.4) is 0 Å². The Morgan fingerprint density at radius 3 is 2.00 bits per heavy atom. The number of amides is 3. The zero-order chi connectivity index (χ0) is 32.5. The van der Waals surface area contributed by atoms with Gasteiger partial charge in [-0.05, 0) is 101 Å². The van der Waals surface area contributed by atoms with Crippen LogP contribution in [0.2, 0.25) is 0 Å². The van der Waals surface area contributed by atoms with Crippen molar-refractivity contribution in [2.75, 3.05) is 30.9 Å². The van der Waals surface area contributed by atoms with Crippen LogP contribution in [0.15, 0.2) is 60.7 Å². The molecular weight excluding hydrogens is 578 g/mol. The largest absolute Gasteiger partial charge is 0.362 e. The van der Waals surface area contributed by atoms with E-state index in [1.165, 1.54) is 12.0 Å². The highest BCUT2D eigenvalue weighted by Crippen LogP contribution is 2.30. The van der Waals surface area contributed by atoms with Crippen LogP contribution >= 0.6 is 0 Å². The van der Waals surface area contributed by atoms with E-state index in [-0.39, 0.29) is 18.0 Å². The fraction of sp³-hybridized carbons (Fsp3) is 0.472. The number of hydrogen-bond acceptors (Lipinski definition) is 8. The summed E-state index contributed by atoms with van der Waals surface area (Å²) < 4.78 is 0. The van der Waals surface area contributed by atoms with Gasteiger partial charge >= 0.3 is 0 Å². The van der Waals surface area contributed by atoms with Gasteiger partial charge in [-0.3, -0.25) is 19.3 Å². The van der Waals surface area contributed by atoms with E-state index < -0.39 is 17.9 Å². The van der Waals surface area contributed by atoms with E-state index in [0.717, 1.165) is 61.4 Å². The van der Waals surface area contributed by atoms with Crippen LogP contribution in [0.4, 0.5) is 11.8 Å². The average molecular weight is 626 g/mol. The van der Waals surface area contributed by atoms with Crippen LogP contribution < -0.4 is 21.3 Å². The second-order valence-electron chi connectivity index (χ2n) is 12.6. The smallest absolute Gasteiger partial charge is 0.261 e. The van der Waals surface area contributed by atoms with E-state index in [4.69, 9.17) is 15.7 Å². The number of rotatable bonds is 12. The minimum absolute atomic E-state index is 0.0650. The molecule has 46 heavy (non-hydrogen) atoms. The van der Waals surface area contributed by atoms with Gasteiger partial charge in [0, 0.05) is 42.9 Å². The lowest BCUT2D eigenvalue weighted by atomic mass is 9.90. The van der Waals surface area contributed by atoms with Gasteiger partial charge in [0.1, 0.15) is 11.9 Å². The second kappa shape index (κ2) is 15.8. The number of nitrogens with zero attached hydrogens (tertiary/aromatic N) is 4. The Kier molecular flexibility index (Phi) is 11.4. The summed E-state index contributed by atoms with van der Waals surface area (Å²) in [5.74, 6) is 0.380. The van der Waals surface area contributed by atoms with Crippen molar-refractivity contribution < 1.29 is 14.4 Å². The molecule has 1 fully saturated rings. The molecule has 2 aliphatic rings. The molecule has 0 bridgehead atoms. The number of nitrogens with two attached hydrogens (primary N) is 1. The van der Waals surface area contributed by atoms with Crippen LogP contribution in [0, 0.1) is 0 Å². The Balaban J connectivity index is 1.29. The molecule has 1 saturated carbocycles. The summed E-state index contributed by atoms with van der Waals surface area (Å²) >= 11 is 0. The standard InChI is InChI=1S/C36H47N7O3/c1-42(2)32-29-17-9-10-18-30(29)40-36(41-32)39-28-22-20-27(21-23-28)38-33(44)31(19-11-12-24-37)43(34(45)25-13-5-3-6-14-25)35(46)26-15-7-4-8-16-26/h3-8,13-16,27-28,31H,9-12,17-24,37H2,1-2H3,(H,38,44)(H,39,40,41)/t27-,28+,31?. The summed E-state index contributed by atoms with van der Waals surface area (Å²) in [7, 11) is 4.06. The van der Waals surface area contributed by atoms with E-state index in [1.807, 2.05) is 26.2 Å². The number of aryl methyl sites for hydroxylation is 1. The maximum absolute atomic E-state index is 14.0. The van der Waals surface area contributed by atoms with Gasteiger partial charge in [0.2, 0.25) is 11.9 Å². The van der Waals surface area contributed by atoms with Crippen molar-refractivity contribution in [1.82, 2.24) is 20.2 Å². The number of carbonyl (C=O) groups is 3. The van der Waals surface area contributed by atoms with Crippen LogP contribution in [-0.2, 0) is 17.6 Å². The molecule has 0 radical (unpaired) electrons. The quantitative estimate of drug-likeness (QED) is 0.194. The van der Waals surface area contributed by atoms with E-state index in [0.29, 0.717) is 42.9 Å². The minimum Gasteiger partial charge on any atom is -0.362 e. The molecule has 1 atom stereocenters. The van der Waals surface area contributed by atoms with Gasteiger partial charge in [0.05, 0.1) is 5.69 Å². The first kappa shape index (κ1) is 33.1. The van der Waals surface area contributed by atoms with E-state index in [2.05, 4.69) is 15.5 Å². The lowest BCUT2D eigenvalue weighted by Gasteiger charge is -2.34. The van der Waals surface area contributed by atoms with Gasteiger partial charge in [-0.2, -0.15) is 4.98 Å². The molecule has 1 aromatic heterocycles. The van der Waals surface area contributed by atoms with E-state index >= 15 is 0 Å². The number of hydrogen-bond donors (Lipinski definition) is 3. The molecule has 0 saturated heterocycles. The number of aromatic nitrogens is 2. The van der Waals surface area contributed by atoms with Crippen molar-refractivity contribution >= 4 is 29.5 Å². The average Bonchev–Trinajstić information content (AvgIpc) is 3.08. The van der Waals surface area contributed by atoms with Crippen LogP contribution in [-0.4, -0.2) is 71.4 Å². The Morgan fingerprint density at radius 2 is 1.41 bits per heavy atom. The summed E-state index contributed by atoms with van der Waals surface area (Å²) in [5, 5.41) is 6.78. The number of unbranched alkanes of at least 4 members (excludes halogenated alkanes) is 1. The molecule has 0 aliphatic heterocycles. The predicted molar refractivity (Wildman–Crippen MR) is 181 cm³/mol. The number of carbonyl (C=O) groups excluding carboxylic acids is 3. The van der Waals surface area contributed by atoms with Crippen molar-refractivity contribution in [2.45, 2.75) is 88.8 Å². The normalized spacial score (nSPS) is 18.2. The highest BCUT2D eigenvalue weighted by Gasteiger charge is 2.37. The van der Waals surface area contributed by atoms with Gasteiger partial charge < -0.3 is 21.3 Å². The van der Waals surface area contributed by atoms with Gasteiger partial charge in [-0.25, -0.2) is 4.98 Å². The van der Waals surface area contributed by atoms with Crippen molar-refractivity contribution in [3.8, 4) is 0 Å². The van der Waals surface area contributed by atoms with Gasteiger partial charge in [0.15, 0.2) is 0 Å². The van der Waals surface area contributed by atoms with Gasteiger partial charge in [-0.15, -0.1) is 0 Å². The third-order valence-electron chi connectivity index (χ3n) is 9.02. The molecule has 10 heteroatoms. The third kappa shape index (κ3) is 8.09. The molecule has 5 rings (SSSR count). The summed E-state index contributed by atoms with van der Waals surface area (Å²) in [6.07, 6.45) is 9.18. The van der Waals surface area contributed by atoms with Crippen molar-refractivity contribution in [1.29, 1.82) is 0 Å². The Bertz CT molecular complexity index is 1420. The first-order valence-electron chi connectivity index (χ1n) is 16.7. The first-order chi connectivity index (χ1) is 22.4. The van der Waals surface area contributed by atoms with Crippen molar-refractivity contribution in [3.63, 3.8) is 0 Å². The predicted octanol–water partition coefficient (Wildman–Crippen LogP) is 4.74. The molecule has 4 N–H and O–H groups in total. The van der Waals surface area contributed by atoms with E-state index in [9.17, 15) is 14.4 Å². The van der Waals surface area contributed by atoms with Crippen molar-refractivity contribution in [2.24, 2.45) is 5.73 Å². The zero-order valence-electron chi connectivity index (χ0n) is 27.1. The first-order valence-corrected chi connectivity index (χ1v) is 16.7. The fourth-order valence-corrected chi connectivity index (χ4v) is 6.55. The number of benzene rings is 2. The maximum atomic E-state index is 14.0. The fourth-order valence-electron chi connectivity index (χ4n) is 6.55. The van der Waals surface area contributed by atoms with E-state index in [1.54, 1.807) is 48.5 Å². The lowest BCUT2D eigenvalue weighted by Crippen LogP contribution is -2.54. The number of imide groups is 1. The molecule has 244 valence electrons. The summed E-state index contributed by atoms with van der Waals surface area (Å²) in [5.41, 5.74) is 8.90. The molecule has 2 aromatic carbocycles. The van der Waals surface area contributed by atoms with Gasteiger partial charge in [0.25, 0.3) is 11.8 Å². The Labute approximate surface area is 272 Å². The van der Waals surface area contributed by atoms with Crippen LogP contribution in [0.1, 0.15) is 89.8 Å². The van der Waals surface area contributed by atoms with Gasteiger partial charge in [-0.1, -0.05) is 36.4 Å². The summed E-state index contributed by atoms with van der Waals surface area (Å²) in [6, 6.07) is 16.5. The second-order valence-corrected chi connectivity index (χ2v) is 12.6. The molecule has 3 amide bonds. The SMILES string of the molecule is CN(C)c1nc(N[C@H]2CC[C@@H](NC(=O)C(CCCCN)N(C(=O)c3ccccc3)C(=O)c3ccccc3)CC2)nc2c1CCCC2. The zero-order valence-corrected chi connectivity index (χ0v) is 27.1. The topological polar surface area (TPSA) is 134 Å². The van der Waals surface area contributed by atoms with Crippen molar-refractivity contribution in [3.05, 3.63) is 83.0 Å². The summed E-state index contributed by atoms with van der Waals surface area (Å²) in [6.45, 7) is 0.467. The molecule has 0 spiro atoms. The number of anilines is 2. The Hall–Kier alpha value is -4.31. The highest BCUT2D eigenvalue weighted by atomic mass is 16.2. The number of nitrogens with one attached hydrogen (secondary N) is 2. The van der Waals surface area contributed by atoms with Crippen LogP contribution in [0.25, 0.3) is 0 Å². The molecule has 3 aromatic rings. The molecular formula is C36H47N7O3.